The van der Waals surface area contributed by atoms with Crippen molar-refractivity contribution < 1.29 is 13.9 Å². The van der Waals surface area contributed by atoms with Gasteiger partial charge in [0.15, 0.2) is 0 Å². The minimum Gasteiger partial charge on any atom is -0.496 e. The van der Waals surface area contributed by atoms with Crippen LogP contribution in [0.4, 0.5) is 0 Å². The molecular weight excluding hydrogens is 302 g/mol. The van der Waals surface area contributed by atoms with Gasteiger partial charge in [0.25, 0.3) is 0 Å². The van der Waals surface area contributed by atoms with Gasteiger partial charge < -0.3 is 14.5 Å². The van der Waals surface area contributed by atoms with Gasteiger partial charge in [-0.3, -0.25) is 4.79 Å². The van der Waals surface area contributed by atoms with Gasteiger partial charge in [-0.25, -0.2) is 0 Å². The van der Waals surface area contributed by atoms with Crippen LogP contribution in [-0.4, -0.2) is 13.0 Å². The summed E-state index contributed by atoms with van der Waals surface area (Å²) >= 11 is 0. The van der Waals surface area contributed by atoms with Crippen molar-refractivity contribution in [2.24, 2.45) is 0 Å². The lowest BCUT2D eigenvalue weighted by Crippen LogP contribution is -2.24. The van der Waals surface area contributed by atoms with Crippen molar-refractivity contribution in [1.29, 1.82) is 0 Å². The largest absolute Gasteiger partial charge is 0.496 e. The lowest BCUT2D eigenvalue weighted by molar-refractivity contribution is -0.120. The van der Waals surface area contributed by atoms with E-state index in [1.54, 1.807) is 13.4 Å². The highest BCUT2D eigenvalue weighted by Crippen LogP contribution is 2.23. The third-order valence-corrected chi connectivity index (χ3v) is 4.15. The number of fused-ring (bicyclic) bond motifs is 1. The molecule has 1 heterocycles. The quantitative estimate of drug-likeness (QED) is 0.749. The summed E-state index contributed by atoms with van der Waals surface area (Å²) < 4.78 is 10.9. The van der Waals surface area contributed by atoms with Crippen LogP contribution >= 0.6 is 0 Å². The Kier molecular flexibility index (Phi) is 4.85. The third kappa shape index (κ3) is 3.43. The number of para-hydroxylation sites is 1. The molecule has 2 aromatic carbocycles. The first-order chi connectivity index (χ1) is 11.7. The molecule has 0 atom stereocenters. The van der Waals surface area contributed by atoms with Crippen molar-refractivity contribution in [2.45, 2.75) is 26.3 Å². The molecule has 1 amide bonds. The molecule has 124 valence electrons. The molecular formula is C20H21NO3. The van der Waals surface area contributed by atoms with Gasteiger partial charge in [0, 0.05) is 23.1 Å². The Balaban J connectivity index is 1.67. The third-order valence-electron chi connectivity index (χ3n) is 4.15. The number of hydrogen-bond donors (Lipinski definition) is 1. The smallest absolute Gasteiger partial charge is 0.224 e. The molecule has 0 saturated heterocycles. The second-order valence-electron chi connectivity index (χ2n) is 5.71. The van der Waals surface area contributed by atoms with E-state index in [-0.39, 0.29) is 5.91 Å². The second kappa shape index (κ2) is 7.21. The predicted octanol–water partition coefficient (Wildman–Crippen LogP) is 3.86. The number of rotatable bonds is 6. The van der Waals surface area contributed by atoms with E-state index < -0.39 is 0 Å². The van der Waals surface area contributed by atoms with Gasteiger partial charge >= 0.3 is 0 Å². The summed E-state index contributed by atoms with van der Waals surface area (Å²) in [5.41, 5.74) is 3.93. The van der Waals surface area contributed by atoms with Crippen molar-refractivity contribution in [1.82, 2.24) is 5.32 Å². The lowest BCUT2D eigenvalue weighted by Gasteiger charge is -2.09. The zero-order valence-corrected chi connectivity index (χ0v) is 14.0. The molecule has 0 fully saturated rings. The van der Waals surface area contributed by atoms with Crippen molar-refractivity contribution in [3.05, 3.63) is 65.4 Å². The Bertz CT molecular complexity index is 851. The van der Waals surface area contributed by atoms with Crippen molar-refractivity contribution in [3.8, 4) is 5.75 Å². The van der Waals surface area contributed by atoms with Gasteiger partial charge in [-0.2, -0.15) is 0 Å². The molecule has 4 heteroatoms. The predicted molar refractivity (Wildman–Crippen MR) is 94.1 cm³/mol. The fraction of sp³-hybridized carbons (Fsp3) is 0.250. The maximum atomic E-state index is 12.3. The molecule has 0 radical (unpaired) electrons. The molecule has 4 nitrogen and oxygen atoms in total. The summed E-state index contributed by atoms with van der Waals surface area (Å²) in [6, 6.07) is 13.8. The fourth-order valence-electron chi connectivity index (χ4n) is 2.76. The Morgan fingerprint density at radius 2 is 2.00 bits per heavy atom. The van der Waals surface area contributed by atoms with E-state index >= 15 is 0 Å². The summed E-state index contributed by atoms with van der Waals surface area (Å²) in [7, 11) is 1.63. The van der Waals surface area contributed by atoms with E-state index in [0.29, 0.717) is 13.0 Å². The summed E-state index contributed by atoms with van der Waals surface area (Å²) in [5.74, 6) is 0.738. The molecule has 0 saturated carbocycles. The molecule has 0 aliphatic heterocycles. The van der Waals surface area contributed by atoms with E-state index in [1.165, 1.54) is 5.56 Å². The van der Waals surface area contributed by atoms with E-state index in [9.17, 15) is 4.79 Å². The number of methoxy groups -OCH3 is 1. The van der Waals surface area contributed by atoms with Gasteiger partial charge in [0.2, 0.25) is 5.91 Å². The summed E-state index contributed by atoms with van der Waals surface area (Å²) in [6.07, 6.45) is 2.94. The zero-order valence-electron chi connectivity index (χ0n) is 14.0. The lowest BCUT2D eigenvalue weighted by atomic mass is 10.1. The number of hydrogen-bond acceptors (Lipinski definition) is 3. The van der Waals surface area contributed by atoms with Crippen molar-refractivity contribution in [2.75, 3.05) is 7.11 Å². The Labute approximate surface area is 141 Å². The van der Waals surface area contributed by atoms with E-state index in [2.05, 4.69) is 18.3 Å². The Morgan fingerprint density at radius 3 is 2.79 bits per heavy atom. The monoisotopic (exact) mass is 323 g/mol. The van der Waals surface area contributed by atoms with Gasteiger partial charge in [-0.05, 0) is 24.1 Å². The first kappa shape index (κ1) is 16.1. The molecule has 0 aliphatic carbocycles. The Hall–Kier alpha value is -2.75. The number of benzene rings is 2. The number of carbonyl (C=O) groups is 1. The van der Waals surface area contributed by atoms with Crippen LogP contribution in [0.25, 0.3) is 11.0 Å². The highest BCUT2D eigenvalue weighted by molar-refractivity contribution is 5.87. The van der Waals surface area contributed by atoms with Crippen LogP contribution in [0.5, 0.6) is 5.75 Å². The first-order valence-electron chi connectivity index (χ1n) is 8.09. The number of amides is 1. The van der Waals surface area contributed by atoms with Gasteiger partial charge in [-0.1, -0.05) is 37.3 Å². The molecule has 1 aromatic heterocycles. The molecule has 0 aliphatic rings. The molecule has 3 aromatic rings. The van der Waals surface area contributed by atoms with E-state index in [1.807, 2.05) is 36.4 Å². The molecule has 3 rings (SSSR count). The van der Waals surface area contributed by atoms with E-state index in [4.69, 9.17) is 9.15 Å². The molecule has 1 N–H and O–H groups in total. The summed E-state index contributed by atoms with van der Waals surface area (Å²) in [6.45, 7) is 2.55. The van der Waals surface area contributed by atoms with Gasteiger partial charge in [0.1, 0.15) is 11.3 Å². The molecule has 0 spiro atoms. The summed E-state index contributed by atoms with van der Waals surface area (Å²) in [4.78, 5) is 12.3. The highest BCUT2D eigenvalue weighted by Gasteiger charge is 2.11. The van der Waals surface area contributed by atoms with Crippen LogP contribution in [0, 0.1) is 0 Å². The number of nitrogens with one attached hydrogen (secondary N) is 1. The summed E-state index contributed by atoms with van der Waals surface area (Å²) in [5, 5.41) is 3.94. The van der Waals surface area contributed by atoms with Crippen molar-refractivity contribution >= 4 is 16.9 Å². The van der Waals surface area contributed by atoms with Gasteiger partial charge in [0.05, 0.1) is 19.8 Å². The van der Waals surface area contributed by atoms with Gasteiger partial charge in [-0.15, -0.1) is 0 Å². The van der Waals surface area contributed by atoms with Crippen LogP contribution in [0.2, 0.25) is 0 Å². The minimum absolute atomic E-state index is 0.0387. The van der Waals surface area contributed by atoms with Crippen molar-refractivity contribution in [3.63, 3.8) is 0 Å². The average Bonchev–Trinajstić information content (AvgIpc) is 3.02. The average molecular weight is 323 g/mol. The molecule has 24 heavy (non-hydrogen) atoms. The minimum atomic E-state index is -0.0387. The molecule has 0 bridgehead atoms. The van der Waals surface area contributed by atoms with Crippen LogP contribution in [0.3, 0.4) is 0 Å². The second-order valence-corrected chi connectivity index (χ2v) is 5.71. The zero-order chi connectivity index (χ0) is 16.9. The Morgan fingerprint density at radius 1 is 1.17 bits per heavy atom. The van der Waals surface area contributed by atoms with Crippen LogP contribution in [-0.2, 0) is 24.2 Å². The highest BCUT2D eigenvalue weighted by atomic mass is 16.5. The maximum absolute atomic E-state index is 12.3. The van der Waals surface area contributed by atoms with Crippen LogP contribution in [0.1, 0.15) is 23.6 Å². The normalized spacial score (nSPS) is 10.8. The number of carbonyl (C=O) groups excluding carboxylic acids is 1. The van der Waals surface area contributed by atoms with Crippen LogP contribution < -0.4 is 10.1 Å². The standard InChI is InChI=1S/C20H21NO3/c1-3-14-8-9-17-16(13-24-19(17)10-14)11-20(22)21-12-15-6-4-5-7-18(15)23-2/h4-10,13H,3,11-12H2,1-2H3,(H,21,22). The topological polar surface area (TPSA) is 51.5 Å². The van der Waals surface area contributed by atoms with E-state index in [0.717, 1.165) is 34.3 Å². The SMILES string of the molecule is CCc1ccc2c(CC(=O)NCc3ccccc3OC)coc2c1. The first-order valence-corrected chi connectivity index (χ1v) is 8.09. The maximum Gasteiger partial charge on any atom is 0.224 e. The number of ether oxygens (including phenoxy) is 1. The fourth-order valence-corrected chi connectivity index (χ4v) is 2.76. The van der Waals surface area contributed by atoms with Crippen LogP contribution in [0.15, 0.2) is 53.1 Å². The number of aryl methyl sites for hydroxylation is 1. The number of furan rings is 1. The molecule has 0 unspecified atom stereocenters.